The summed E-state index contributed by atoms with van der Waals surface area (Å²) < 4.78 is 0. The quantitative estimate of drug-likeness (QED) is 0.366. The second kappa shape index (κ2) is 9.91. The molecule has 4 aromatic carbocycles. The smallest absolute Gasteiger partial charge is 0.0700 e. The van der Waals surface area contributed by atoms with Gasteiger partial charge in [-0.3, -0.25) is 0 Å². The molecule has 0 spiro atoms. The van der Waals surface area contributed by atoms with Gasteiger partial charge in [0.15, 0.2) is 0 Å². The summed E-state index contributed by atoms with van der Waals surface area (Å²) in [5.41, 5.74) is 0. The Morgan fingerprint density at radius 1 is 0.387 bits per heavy atom. The molecular weight excluding hydrogens is 437 g/mol. The molecule has 0 N–H and O–H groups in total. The van der Waals surface area contributed by atoms with Gasteiger partial charge in [-0.2, -0.15) is 0 Å². The third kappa shape index (κ3) is 4.26. The van der Waals surface area contributed by atoms with Gasteiger partial charge in [0, 0.05) is 0 Å². The van der Waals surface area contributed by atoms with Gasteiger partial charge >= 0.3 is 0 Å². The maximum atomic E-state index is 2.69. The summed E-state index contributed by atoms with van der Waals surface area (Å²) in [6.45, 7) is 6.28. The fourth-order valence-corrected chi connectivity index (χ4v) is 64.5. The molecule has 31 heavy (non-hydrogen) atoms. The first-order chi connectivity index (χ1) is 15.2. The monoisotopic (exact) mass is 468 g/mol. The summed E-state index contributed by atoms with van der Waals surface area (Å²) in [4.78, 5) is 0. The molecule has 0 radical (unpaired) electrons. The van der Waals surface area contributed by atoms with Gasteiger partial charge in [-0.05, 0) is 0 Å². The Morgan fingerprint density at radius 2 is 0.645 bits per heavy atom. The van der Waals surface area contributed by atoms with Gasteiger partial charge in [0.05, 0.1) is 31.6 Å². The molecule has 0 fully saturated rings. The van der Waals surface area contributed by atoms with Crippen LogP contribution in [0.3, 0.4) is 0 Å². The van der Waals surface area contributed by atoms with Gasteiger partial charge < -0.3 is 0 Å². The molecule has 0 saturated carbocycles. The highest BCUT2D eigenvalue weighted by Crippen LogP contribution is 2.19. The molecule has 0 aromatic heterocycles. The zero-order valence-electron chi connectivity index (χ0n) is 18.8. The second-order valence-electron chi connectivity index (χ2n) is 8.70. The summed E-state index contributed by atoms with van der Waals surface area (Å²) in [6, 6.07) is 46.4. The van der Waals surface area contributed by atoms with E-state index in [2.05, 4.69) is 141 Å². The van der Waals surface area contributed by atoms with Crippen LogP contribution in [0.5, 0.6) is 0 Å². The minimum absolute atomic E-state index is 1.23. The maximum absolute atomic E-state index is 2.69. The van der Waals surface area contributed by atoms with E-state index < -0.39 is 31.6 Å². The van der Waals surface area contributed by atoms with Crippen molar-refractivity contribution in [1.29, 1.82) is 0 Å². The minimum Gasteiger partial charge on any atom is -0.0700 e. The second-order valence-corrected chi connectivity index (χ2v) is 39.9. The van der Waals surface area contributed by atoms with E-state index in [1.54, 1.807) is 20.7 Å². The van der Waals surface area contributed by atoms with Gasteiger partial charge in [0.2, 0.25) is 0 Å². The molecule has 0 heterocycles. The lowest BCUT2D eigenvalue weighted by atomic mass is 10.4. The van der Waals surface area contributed by atoms with Crippen LogP contribution in [0.25, 0.3) is 0 Å². The fourth-order valence-electron chi connectivity index (χ4n) is 5.65. The zero-order valence-corrected chi connectivity index (χ0v) is 23.2. The Morgan fingerprint density at radius 3 is 0.935 bits per heavy atom. The summed E-state index contributed by atoms with van der Waals surface area (Å²) in [5, 5.41) is 6.69. The van der Waals surface area contributed by atoms with Crippen molar-refractivity contribution in [2.24, 2.45) is 0 Å². The Labute approximate surface area is 192 Å². The van der Waals surface area contributed by atoms with Gasteiger partial charge in [-0.25, -0.2) is 0 Å². The van der Waals surface area contributed by atoms with Crippen LogP contribution in [-0.4, -0.2) is 31.6 Å². The predicted molar refractivity (Wildman–Crippen MR) is 149 cm³/mol. The number of rotatable bonds is 7. The first kappa shape index (κ1) is 22.0. The lowest BCUT2D eigenvalue weighted by molar-refractivity contribution is 1.73. The van der Waals surface area contributed by atoms with Crippen molar-refractivity contribution < 1.29 is 0 Å². The summed E-state index contributed by atoms with van der Waals surface area (Å²) in [6.07, 6.45) is 0. The molecule has 0 bridgehead atoms. The molecule has 156 valence electrons. The topological polar surface area (TPSA) is 0 Å². The van der Waals surface area contributed by atoms with Crippen LogP contribution in [0.2, 0.25) is 19.6 Å². The summed E-state index contributed by atoms with van der Waals surface area (Å²) in [7, 11) is -3.69. The lowest BCUT2D eigenvalue weighted by Gasteiger charge is -2.46. The highest BCUT2D eigenvalue weighted by Gasteiger charge is 2.52. The van der Waals surface area contributed by atoms with E-state index in [9.17, 15) is 0 Å². The van der Waals surface area contributed by atoms with Gasteiger partial charge in [0.25, 0.3) is 0 Å². The predicted octanol–water partition coefficient (Wildman–Crippen LogP) is 2.87. The molecule has 4 heteroatoms. The molecule has 4 aromatic rings. The normalized spacial score (nSPS) is 16.1. The first-order valence-corrected chi connectivity index (χ1v) is 24.0. The Kier molecular flexibility index (Phi) is 7.02. The zero-order chi connectivity index (χ0) is 21.7. The van der Waals surface area contributed by atoms with Crippen LogP contribution in [0, 0.1) is 0 Å². The number of hydrogen-bond acceptors (Lipinski definition) is 0. The minimum atomic E-state index is -1.79. The molecule has 0 aliphatic carbocycles. The van der Waals surface area contributed by atoms with Crippen LogP contribution < -0.4 is 20.7 Å². The summed E-state index contributed by atoms with van der Waals surface area (Å²) >= 11 is 0. The van der Waals surface area contributed by atoms with Crippen LogP contribution in [0.1, 0.15) is 0 Å². The van der Waals surface area contributed by atoms with E-state index in [4.69, 9.17) is 0 Å². The fraction of sp³-hybridized carbons (Fsp3) is 0.111. The lowest BCUT2D eigenvalue weighted by Crippen LogP contribution is -2.84. The van der Waals surface area contributed by atoms with Crippen molar-refractivity contribution in [3.8, 4) is 0 Å². The van der Waals surface area contributed by atoms with Gasteiger partial charge in [-0.15, -0.1) is 0 Å². The standard InChI is InChI=1S/C27H32Si4/c1-28(24-16-8-4-9-17-24)31(27-22-14-7-15-23-27,29(2)25-18-10-5-11-19-25)30(3)26-20-12-6-13-21-26/h4-23,28-30H,1-3H3. The molecule has 3 unspecified atom stereocenters. The largest absolute Gasteiger partial charge is 0.0746 e. The maximum Gasteiger partial charge on any atom is 0.0746 e. The molecular formula is C27H32Si4. The van der Waals surface area contributed by atoms with E-state index in [1.807, 2.05) is 0 Å². The van der Waals surface area contributed by atoms with Crippen LogP contribution in [0.4, 0.5) is 0 Å². The molecule has 0 aliphatic rings. The molecule has 0 nitrogen and oxygen atoms in total. The SMILES string of the molecule is C[SiH](c1ccccc1)[Si](c1ccccc1)([SiH](C)c1ccccc1)[SiH](C)c1ccccc1. The van der Waals surface area contributed by atoms with Gasteiger partial charge in [0.1, 0.15) is 0 Å². The first-order valence-electron chi connectivity index (χ1n) is 11.4. The third-order valence-corrected chi connectivity index (χ3v) is 63.0. The van der Waals surface area contributed by atoms with Crippen molar-refractivity contribution in [3.05, 3.63) is 121 Å². The van der Waals surface area contributed by atoms with Crippen LogP contribution in [0.15, 0.2) is 121 Å². The highest BCUT2D eigenvalue weighted by molar-refractivity contribution is 7.87. The van der Waals surface area contributed by atoms with Crippen molar-refractivity contribution in [1.82, 2.24) is 0 Å². The summed E-state index contributed by atoms with van der Waals surface area (Å²) in [5.74, 6) is 0. The average Bonchev–Trinajstić information content (AvgIpc) is 2.86. The molecule has 0 aliphatic heterocycles. The van der Waals surface area contributed by atoms with Crippen LogP contribution >= 0.6 is 0 Å². The van der Waals surface area contributed by atoms with E-state index in [1.165, 1.54) is 0 Å². The Balaban J connectivity index is 2.01. The van der Waals surface area contributed by atoms with E-state index >= 15 is 0 Å². The van der Waals surface area contributed by atoms with Crippen molar-refractivity contribution in [3.63, 3.8) is 0 Å². The molecule has 0 amide bonds. The van der Waals surface area contributed by atoms with Crippen LogP contribution in [-0.2, 0) is 0 Å². The highest BCUT2D eigenvalue weighted by atomic mass is 29.9. The Hall–Kier alpha value is -2.25. The van der Waals surface area contributed by atoms with Crippen molar-refractivity contribution in [2.45, 2.75) is 19.6 Å². The average molecular weight is 469 g/mol. The number of benzene rings is 4. The number of hydrogen-bond donors (Lipinski definition) is 0. The third-order valence-electron chi connectivity index (χ3n) is 7.32. The van der Waals surface area contributed by atoms with E-state index in [-0.39, 0.29) is 0 Å². The van der Waals surface area contributed by atoms with Gasteiger partial charge in [-0.1, -0.05) is 162 Å². The van der Waals surface area contributed by atoms with Crippen molar-refractivity contribution >= 4 is 52.3 Å². The molecule has 3 atom stereocenters. The molecule has 4 rings (SSSR count). The Bertz CT molecular complexity index is 958. The van der Waals surface area contributed by atoms with Crippen molar-refractivity contribution in [2.75, 3.05) is 0 Å². The van der Waals surface area contributed by atoms with E-state index in [0.29, 0.717) is 0 Å². The molecule has 0 saturated heterocycles. The van der Waals surface area contributed by atoms with E-state index in [0.717, 1.165) is 0 Å².